The maximum absolute atomic E-state index is 11.1. The molecule has 0 aromatic heterocycles. The highest BCUT2D eigenvalue weighted by molar-refractivity contribution is 5.59. The highest BCUT2D eigenvalue weighted by Gasteiger charge is 2.03. The fraction of sp³-hybridized carbons (Fsp3) is 0.786. The van der Waals surface area contributed by atoms with Gasteiger partial charge < -0.3 is 9.47 Å². The molecule has 0 aliphatic carbocycles. The minimum Gasteiger partial charge on any atom is -0.434 e. The van der Waals surface area contributed by atoms with Gasteiger partial charge in [-0.2, -0.15) is 0 Å². The molecule has 0 atom stereocenters. The van der Waals surface area contributed by atoms with E-state index in [1.165, 1.54) is 19.3 Å². The Morgan fingerprint density at radius 3 is 2.47 bits per heavy atom. The second-order valence-corrected chi connectivity index (χ2v) is 4.56. The molecule has 3 nitrogen and oxygen atoms in total. The Labute approximate surface area is 105 Å². The molecule has 0 N–H and O–H groups in total. The summed E-state index contributed by atoms with van der Waals surface area (Å²) in [6.07, 6.45) is 9.31. The van der Waals surface area contributed by atoms with E-state index < -0.39 is 6.16 Å². The lowest BCUT2D eigenvalue weighted by Crippen LogP contribution is -2.12. The summed E-state index contributed by atoms with van der Waals surface area (Å²) < 4.78 is 9.79. The second kappa shape index (κ2) is 11.5. The summed E-state index contributed by atoms with van der Waals surface area (Å²) in [6.45, 7) is 7.01. The van der Waals surface area contributed by atoms with Crippen molar-refractivity contribution < 1.29 is 14.3 Å². The van der Waals surface area contributed by atoms with Crippen molar-refractivity contribution in [2.24, 2.45) is 5.92 Å². The number of rotatable bonds is 9. The quantitative estimate of drug-likeness (QED) is 0.343. The van der Waals surface area contributed by atoms with E-state index in [4.69, 9.17) is 9.47 Å². The van der Waals surface area contributed by atoms with Crippen molar-refractivity contribution in [3.8, 4) is 0 Å². The Kier molecular flexibility index (Phi) is 10.8. The van der Waals surface area contributed by atoms with Gasteiger partial charge in [0.15, 0.2) is 0 Å². The van der Waals surface area contributed by atoms with E-state index in [1.807, 2.05) is 13.8 Å². The number of ether oxygens (including phenoxy) is 2. The summed E-state index contributed by atoms with van der Waals surface area (Å²) in [4.78, 5) is 11.1. The van der Waals surface area contributed by atoms with Crippen LogP contribution in [0.1, 0.15) is 52.9 Å². The van der Waals surface area contributed by atoms with Crippen molar-refractivity contribution in [3.63, 3.8) is 0 Å². The third-order valence-corrected chi connectivity index (χ3v) is 2.18. The number of hydrogen-bond donors (Lipinski definition) is 0. The molecule has 0 unspecified atom stereocenters. The van der Waals surface area contributed by atoms with Gasteiger partial charge in [-0.05, 0) is 25.2 Å². The molecule has 0 fully saturated rings. The molecule has 0 spiro atoms. The zero-order valence-corrected chi connectivity index (χ0v) is 11.4. The van der Waals surface area contributed by atoms with Gasteiger partial charge >= 0.3 is 6.16 Å². The van der Waals surface area contributed by atoms with Crippen LogP contribution in [0.5, 0.6) is 0 Å². The average molecular weight is 242 g/mol. The molecule has 3 heteroatoms. The molecule has 100 valence electrons. The third-order valence-electron chi connectivity index (χ3n) is 2.18. The predicted molar refractivity (Wildman–Crippen MR) is 70.0 cm³/mol. The van der Waals surface area contributed by atoms with E-state index in [0.717, 1.165) is 12.8 Å². The minimum atomic E-state index is -0.557. The first kappa shape index (κ1) is 16.0. The van der Waals surface area contributed by atoms with Gasteiger partial charge in [-0.15, -0.1) is 0 Å². The van der Waals surface area contributed by atoms with Crippen molar-refractivity contribution in [3.05, 3.63) is 12.2 Å². The van der Waals surface area contributed by atoms with Crippen LogP contribution in [0.25, 0.3) is 0 Å². The fourth-order valence-electron chi connectivity index (χ4n) is 1.23. The SMILES string of the molecule is CCCCC/C=C\CCOC(=O)OCC(C)C. The van der Waals surface area contributed by atoms with Crippen molar-refractivity contribution in [1.29, 1.82) is 0 Å². The third kappa shape index (κ3) is 12.9. The van der Waals surface area contributed by atoms with Crippen LogP contribution in [0.4, 0.5) is 4.79 Å². The van der Waals surface area contributed by atoms with Gasteiger partial charge in [-0.25, -0.2) is 4.79 Å². The van der Waals surface area contributed by atoms with Crippen molar-refractivity contribution in [2.45, 2.75) is 52.9 Å². The van der Waals surface area contributed by atoms with Crippen LogP contribution in [0.3, 0.4) is 0 Å². The van der Waals surface area contributed by atoms with Crippen LogP contribution in [0.2, 0.25) is 0 Å². The van der Waals surface area contributed by atoms with Crippen LogP contribution < -0.4 is 0 Å². The molecular formula is C14H26O3. The monoisotopic (exact) mass is 242 g/mol. The summed E-state index contributed by atoms with van der Waals surface area (Å²) in [5, 5.41) is 0. The van der Waals surface area contributed by atoms with Crippen LogP contribution in [0, 0.1) is 5.92 Å². The van der Waals surface area contributed by atoms with E-state index >= 15 is 0 Å². The zero-order chi connectivity index (χ0) is 12.9. The molecule has 0 aromatic carbocycles. The fourth-order valence-corrected chi connectivity index (χ4v) is 1.23. The molecule has 0 bridgehead atoms. The summed E-state index contributed by atoms with van der Waals surface area (Å²) >= 11 is 0. The molecule has 0 saturated carbocycles. The van der Waals surface area contributed by atoms with Crippen LogP contribution in [0.15, 0.2) is 12.2 Å². The van der Waals surface area contributed by atoms with Gasteiger partial charge in [0.05, 0.1) is 13.2 Å². The summed E-state index contributed by atoms with van der Waals surface area (Å²) in [5.41, 5.74) is 0. The normalized spacial score (nSPS) is 11.1. The molecule has 0 saturated heterocycles. The lowest BCUT2D eigenvalue weighted by atomic mass is 10.2. The molecule has 0 heterocycles. The first-order valence-corrected chi connectivity index (χ1v) is 6.61. The highest BCUT2D eigenvalue weighted by Crippen LogP contribution is 2.00. The van der Waals surface area contributed by atoms with Gasteiger partial charge in [0.2, 0.25) is 0 Å². The molecule has 0 amide bonds. The number of carbonyl (C=O) groups excluding carboxylic acids is 1. The van der Waals surface area contributed by atoms with E-state index in [-0.39, 0.29) is 0 Å². The molecule has 17 heavy (non-hydrogen) atoms. The number of unbranched alkanes of at least 4 members (excludes halogenated alkanes) is 3. The van der Waals surface area contributed by atoms with E-state index in [1.54, 1.807) is 0 Å². The van der Waals surface area contributed by atoms with Gasteiger partial charge in [0.25, 0.3) is 0 Å². The minimum absolute atomic E-state index is 0.348. The Morgan fingerprint density at radius 1 is 1.12 bits per heavy atom. The Bertz CT molecular complexity index is 210. The summed E-state index contributed by atoms with van der Waals surface area (Å²) in [5.74, 6) is 0.348. The van der Waals surface area contributed by atoms with Crippen LogP contribution in [-0.4, -0.2) is 19.4 Å². The van der Waals surface area contributed by atoms with Gasteiger partial charge in [-0.1, -0.05) is 45.8 Å². The van der Waals surface area contributed by atoms with Gasteiger partial charge in [0, 0.05) is 0 Å². The average Bonchev–Trinajstić information content (AvgIpc) is 2.30. The van der Waals surface area contributed by atoms with E-state index in [2.05, 4.69) is 19.1 Å². The predicted octanol–water partition coefficient (Wildman–Crippen LogP) is 4.32. The van der Waals surface area contributed by atoms with E-state index in [0.29, 0.717) is 19.1 Å². The molecule has 0 aliphatic heterocycles. The number of carbonyl (C=O) groups is 1. The zero-order valence-electron chi connectivity index (χ0n) is 11.4. The maximum atomic E-state index is 11.1. The lowest BCUT2D eigenvalue weighted by molar-refractivity contribution is 0.0487. The van der Waals surface area contributed by atoms with Crippen molar-refractivity contribution in [2.75, 3.05) is 13.2 Å². The van der Waals surface area contributed by atoms with Gasteiger partial charge in [0.1, 0.15) is 0 Å². The maximum Gasteiger partial charge on any atom is 0.508 e. The first-order valence-electron chi connectivity index (χ1n) is 6.61. The van der Waals surface area contributed by atoms with Gasteiger partial charge in [-0.3, -0.25) is 0 Å². The van der Waals surface area contributed by atoms with Crippen molar-refractivity contribution in [1.82, 2.24) is 0 Å². The Hall–Kier alpha value is -0.990. The molecule has 0 rings (SSSR count). The number of hydrogen-bond acceptors (Lipinski definition) is 3. The highest BCUT2D eigenvalue weighted by atomic mass is 16.7. The Balaban J connectivity index is 3.29. The largest absolute Gasteiger partial charge is 0.508 e. The molecule has 0 radical (unpaired) electrons. The first-order chi connectivity index (χ1) is 8.16. The van der Waals surface area contributed by atoms with E-state index in [9.17, 15) is 4.79 Å². The molecular weight excluding hydrogens is 216 g/mol. The standard InChI is InChI=1S/C14H26O3/c1-4-5-6-7-8-9-10-11-16-14(15)17-12-13(2)3/h8-9,13H,4-7,10-12H2,1-3H3/b9-8-. The molecule has 0 aliphatic rings. The number of allylic oxidation sites excluding steroid dienone is 1. The lowest BCUT2D eigenvalue weighted by Gasteiger charge is -2.06. The van der Waals surface area contributed by atoms with Crippen LogP contribution in [-0.2, 0) is 9.47 Å². The topological polar surface area (TPSA) is 35.5 Å². The van der Waals surface area contributed by atoms with Crippen molar-refractivity contribution >= 4 is 6.16 Å². The van der Waals surface area contributed by atoms with Crippen LogP contribution >= 0.6 is 0 Å². The second-order valence-electron chi connectivity index (χ2n) is 4.56. The summed E-state index contributed by atoms with van der Waals surface area (Å²) in [6, 6.07) is 0. The molecule has 0 aromatic rings. The smallest absolute Gasteiger partial charge is 0.434 e. The Morgan fingerprint density at radius 2 is 1.82 bits per heavy atom. The summed E-state index contributed by atoms with van der Waals surface area (Å²) in [7, 11) is 0.